The lowest BCUT2D eigenvalue weighted by molar-refractivity contribution is -0.127. The Morgan fingerprint density at radius 1 is 1.05 bits per heavy atom. The molecule has 0 amide bonds. The molecule has 2 fully saturated rings. The standard InChI is InChI=1S/C18H27NO2/c20-17(14-19-12-6-7-13-19)18(21,16-10-4-5-11-16)15-8-2-1-3-9-15/h1-3,8-9,16-17,20-21H,4-7,10-14H2. The molecule has 1 aliphatic heterocycles. The fraction of sp³-hybridized carbons (Fsp3) is 0.667. The van der Waals surface area contributed by atoms with Gasteiger partial charge in [-0.2, -0.15) is 0 Å². The van der Waals surface area contributed by atoms with Crippen LogP contribution in [0.5, 0.6) is 0 Å². The molecule has 21 heavy (non-hydrogen) atoms. The number of hydrogen-bond acceptors (Lipinski definition) is 3. The topological polar surface area (TPSA) is 43.7 Å². The highest BCUT2D eigenvalue weighted by atomic mass is 16.3. The zero-order valence-corrected chi connectivity index (χ0v) is 12.7. The number of likely N-dealkylation sites (tertiary alicyclic amines) is 1. The third kappa shape index (κ3) is 3.01. The first-order valence-electron chi connectivity index (χ1n) is 8.39. The van der Waals surface area contributed by atoms with Crippen LogP contribution in [0.15, 0.2) is 30.3 Å². The maximum Gasteiger partial charge on any atom is 0.119 e. The first-order chi connectivity index (χ1) is 10.2. The minimum atomic E-state index is -1.10. The van der Waals surface area contributed by atoms with Gasteiger partial charge in [-0.05, 0) is 50.3 Å². The highest BCUT2D eigenvalue weighted by molar-refractivity contribution is 5.25. The average molecular weight is 289 g/mol. The Morgan fingerprint density at radius 3 is 2.29 bits per heavy atom. The molecule has 2 aliphatic rings. The van der Waals surface area contributed by atoms with Crippen LogP contribution in [-0.4, -0.2) is 40.9 Å². The average Bonchev–Trinajstić information content (AvgIpc) is 3.20. The third-order valence-electron chi connectivity index (χ3n) is 5.35. The van der Waals surface area contributed by atoms with Crippen molar-refractivity contribution in [2.24, 2.45) is 5.92 Å². The molecule has 2 unspecified atom stereocenters. The molecule has 2 N–H and O–H groups in total. The Labute approximate surface area is 127 Å². The summed E-state index contributed by atoms with van der Waals surface area (Å²) >= 11 is 0. The number of aliphatic hydroxyl groups excluding tert-OH is 1. The molecule has 1 aliphatic carbocycles. The second-order valence-electron chi connectivity index (χ2n) is 6.70. The Hall–Kier alpha value is -0.900. The van der Waals surface area contributed by atoms with Crippen LogP contribution in [-0.2, 0) is 5.60 Å². The van der Waals surface area contributed by atoms with E-state index in [1.54, 1.807) is 0 Å². The van der Waals surface area contributed by atoms with Gasteiger partial charge in [0.15, 0.2) is 0 Å². The van der Waals surface area contributed by atoms with Gasteiger partial charge in [0, 0.05) is 6.54 Å². The molecule has 0 aromatic heterocycles. The van der Waals surface area contributed by atoms with Gasteiger partial charge in [-0.1, -0.05) is 43.2 Å². The minimum Gasteiger partial charge on any atom is -0.388 e. The van der Waals surface area contributed by atoms with Gasteiger partial charge in [-0.3, -0.25) is 0 Å². The molecular formula is C18H27NO2. The van der Waals surface area contributed by atoms with Gasteiger partial charge in [-0.25, -0.2) is 0 Å². The van der Waals surface area contributed by atoms with Gasteiger partial charge in [0.05, 0.1) is 6.10 Å². The van der Waals surface area contributed by atoms with Gasteiger partial charge < -0.3 is 15.1 Å². The molecule has 1 saturated heterocycles. The van der Waals surface area contributed by atoms with Crippen molar-refractivity contribution in [3.8, 4) is 0 Å². The lowest BCUT2D eigenvalue weighted by Gasteiger charge is -2.40. The lowest BCUT2D eigenvalue weighted by atomic mass is 9.76. The molecule has 1 aromatic carbocycles. The van der Waals surface area contributed by atoms with Crippen molar-refractivity contribution < 1.29 is 10.2 Å². The van der Waals surface area contributed by atoms with E-state index in [1.165, 1.54) is 12.8 Å². The Kier molecular flexibility index (Phi) is 4.63. The van der Waals surface area contributed by atoms with Crippen molar-refractivity contribution in [3.63, 3.8) is 0 Å². The summed E-state index contributed by atoms with van der Waals surface area (Å²) in [5.74, 6) is 0.178. The van der Waals surface area contributed by atoms with E-state index < -0.39 is 11.7 Å². The van der Waals surface area contributed by atoms with Crippen LogP contribution in [0.4, 0.5) is 0 Å². The van der Waals surface area contributed by atoms with Crippen molar-refractivity contribution in [3.05, 3.63) is 35.9 Å². The predicted octanol–water partition coefficient (Wildman–Crippen LogP) is 2.52. The quantitative estimate of drug-likeness (QED) is 0.875. The van der Waals surface area contributed by atoms with Crippen molar-refractivity contribution >= 4 is 0 Å². The Balaban J connectivity index is 1.84. The lowest BCUT2D eigenvalue weighted by Crippen LogP contribution is -2.50. The summed E-state index contributed by atoms with van der Waals surface area (Å²) in [6.07, 6.45) is 6.07. The monoisotopic (exact) mass is 289 g/mol. The minimum absolute atomic E-state index is 0.178. The van der Waals surface area contributed by atoms with Crippen LogP contribution >= 0.6 is 0 Å². The molecule has 3 rings (SSSR count). The third-order valence-corrected chi connectivity index (χ3v) is 5.35. The first kappa shape index (κ1) is 15.0. The van der Waals surface area contributed by atoms with E-state index in [4.69, 9.17) is 0 Å². The van der Waals surface area contributed by atoms with Crippen molar-refractivity contribution in [1.29, 1.82) is 0 Å². The smallest absolute Gasteiger partial charge is 0.119 e. The maximum atomic E-state index is 11.4. The molecule has 0 radical (unpaired) electrons. The summed E-state index contributed by atoms with van der Waals surface area (Å²) < 4.78 is 0. The molecule has 2 atom stereocenters. The molecule has 3 nitrogen and oxygen atoms in total. The summed E-state index contributed by atoms with van der Waals surface area (Å²) in [5.41, 5.74) is -0.219. The van der Waals surface area contributed by atoms with E-state index in [9.17, 15) is 10.2 Å². The molecule has 0 spiro atoms. The highest BCUT2D eigenvalue weighted by Gasteiger charge is 2.46. The van der Waals surface area contributed by atoms with Crippen LogP contribution in [0.1, 0.15) is 44.1 Å². The summed E-state index contributed by atoms with van der Waals surface area (Å²) in [4.78, 5) is 2.29. The predicted molar refractivity (Wildman–Crippen MR) is 84.0 cm³/mol. The number of benzene rings is 1. The molecule has 0 bridgehead atoms. The molecule has 1 saturated carbocycles. The van der Waals surface area contributed by atoms with E-state index in [-0.39, 0.29) is 5.92 Å². The molecule has 3 heteroatoms. The van der Waals surface area contributed by atoms with Crippen molar-refractivity contribution in [2.75, 3.05) is 19.6 Å². The van der Waals surface area contributed by atoms with Gasteiger partial charge in [-0.15, -0.1) is 0 Å². The molecule has 1 heterocycles. The number of rotatable bonds is 5. The van der Waals surface area contributed by atoms with E-state index in [1.807, 2.05) is 30.3 Å². The zero-order valence-electron chi connectivity index (χ0n) is 12.7. The number of aliphatic hydroxyl groups is 2. The summed E-state index contributed by atoms with van der Waals surface area (Å²) in [6, 6.07) is 9.80. The second kappa shape index (κ2) is 6.47. The highest BCUT2D eigenvalue weighted by Crippen LogP contribution is 2.43. The largest absolute Gasteiger partial charge is 0.388 e. The molecule has 1 aromatic rings. The summed E-state index contributed by atoms with van der Waals surface area (Å²) in [6.45, 7) is 2.68. The summed E-state index contributed by atoms with van der Waals surface area (Å²) in [5, 5.41) is 22.3. The number of β-amino-alcohol motifs (C(OH)–C–C–N with tert-alkyl or cyclic N) is 1. The van der Waals surface area contributed by atoms with Crippen LogP contribution in [0.25, 0.3) is 0 Å². The van der Waals surface area contributed by atoms with Gasteiger partial charge in [0.2, 0.25) is 0 Å². The zero-order chi connectivity index (χ0) is 14.7. The van der Waals surface area contributed by atoms with Crippen LogP contribution in [0.2, 0.25) is 0 Å². The van der Waals surface area contributed by atoms with Crippen LogP contribution in [0.3, 0.4) is 0 Å². The van der Waals surface area contributed by atoms with Gasteiger partial charge >= 0.3 is 0 Å². The van der Waals surface area contributed by atoms with Crippen molar-refractivity contribution in [2.45, 2.75) is 50.2 Å². The Morgan fingerprint density at radius 2 is 1.67 bits per heavy atom. The summed E-state index contributed by atoms with van der Waals surface area (Å²) in [7, 11) is 0. The fourth-order valence-electron chi connectivity index (χ4n) is 4.12. The maximum absolute atomic E-state index is 11.4. The number of nitrogens with zero attached hydrogens (tertiary/aromatic N) is 1. The van der Waals surface area contributed by atoms with E-state index in [2.05, 4.69) is 4.90 Å². The van der Waals surface area contributed by atoms with E-state index in [0.29, 0.717) is 6.54 Å². The van der Waals surface area contributed by atoms with Crippen LogP contribution in [0, 0.1) is 5.92 Å². The number of hydrogen-bond donors (Lipinski definition) is 2. The van der Waals surface area contributed by atoms with E-state index in [0.717, 1.165) is 44.3 Å². The normalized spacial score (nSPS) is 25.0. The molecule has 116 valence electrons. The van der Waals surface area contributed by atoms with E-state index >= 15 is 0 Å². The van der Waals surface area contributed by atoms with Crippen LogP contribution < -0.4 is 0 Å². The fourth-order valence-corrected chi connectivity index (χ4v) is 4.12. The SMILES string of the molecule is OC(CN1CCCC1)C(O)(c1ccccc1)C1CCCC1. The van der Waals surface area contributed by atoms with Gasteiger partial charge in [0.1, 0.15) is 5.60 Å². The van der Waals surface area contributed by atoms with Crippen molar-refractivity contribution in [1.82, 2.24) is 4.90 Å². The molecular weight excluding hydrogens is 262 g/mol. The first-order valence-corrected chi connectivity index (χ1v) is 8.39. The van der Waals surface area contributed by atoms with Gasteiger partial charge in [0.25, 0.3) is 0 Å². The Bertz CT molecular complexity index is 438. The second-order valence-corrected chi connectivity index (χ2v) is 6.70.